The van der Waals surface area contributed by atoms with Gasteiger partial charge in [-0.05, 0) is 0 Å². The molecule has 15 heavy (non-hydrogen) atoms. The number of carboxylic acid groups (broad SMARTS) is 1. The quantitative estimate of drug-likeness (QED) is 0.775. The Kier molecular flexibility index (Phi) is 3.21. The van der Waals surface area contributed by atoms with E-state index in [0.717, 1.165) is 4.90 Å². The summed E-state index contributed by atoms with van der Waals surface area (Å²) in [5, 5.41) is 8.38. The van der Waals surface area contributed by atoms with Crippen LogP contribution in [0.25, 0.3) is 0 Å². The molecule has 0 saturated carbocycles. The summed E-state index contributed by atoms with van der Waals surface area (Å²) in [6.45, 7) is 0.225. The maximum Gasteiger partial charge on any atom is 0.397 e. The molecular formula is C8H10F3NO3. The maximum atomic E-state index is 11.8. The number of alkyl halides is 3. The molecule has 1 aliphatic heterocycles. The van der Waals surface area contributed by atoms with Crippen molar-refractivity contribution in [2.24, 2.45) is 5.92 Å². The zero-order chi connectivity index (χ0) is 11.6. The highest BCUT2D eigenvalue weighted by Crippen LogP contribution is 2.25. The molecule has 0 aliphatic carbocycles. The van der Waals surface area contributed by atoms with Crippen LogP contribution in [0.3, 0.4) is 0 Å². The van der Waals surface area contributed by atoms with E-state index in [2.05, 4.69) is 0 Å². The number of amides is 1. The summed E-state index contributed by atoms with van der Waals surface area (Å²) in [7, 11) is 0. The maximum absolute atomic E-state index is 11.8. The van der Waals surface area contributed by atoms with Crippen LogP contribution < -0.4 is 0 Å². The third kappa shape index (κ3) is 3.77. The van der Waals surface area contributed by atoms with Gasteiger partial charge in [0.15, 0.2) is 0 Å². The highest BCUT2D eigenvalue weighted by molar-refractivity contribution is 5.78. The third-order valence-corrected chi connectivity index (χ3v) is 2.12. The molecular weight excluding hydrogens is 215 g/mol. The van der Waals surface area contributed by atoms with E-state index >= 15 is 0 Å². The number of rotatable bonds is 3. The first kappa shape index (κ1) is 11.8. The second-order valence-corrected chi connectivity index (χ2v) is 3.55. The fourth-order valence-corrected chi connectivity index (χ4v) is 1.43. The molecule has 1 N–H and O–H groups in total. The van der Waals surface area contributed by atoms with E-state index < -0.39 is 24.5 Å². The van der Waals surface area contributed by atoms with Gasteiger partial charge in [0.25, 0.3) is 0 Å². The van der Waals surface area contributed by atoms with Crippen LogP contribution in [0.4, 0.5) is 13.2 Å². The van der Waals surface area contributed by atoms with E-state index in [1.807, 2.05) is 0 Å². The van der Waals surface area contributed by atoms with E-state index in [1.54, 1.807) is 0 Å². The smallest absolute Gasteiger partial charge is 0.397 e. The molecule has 1 rings (SSSR count). The Morgan fingerprint density at radius 3 is 2.27 bits per heavy atom. The summed E-state index contributed by atoms with van der Waals surface area (Å²) < 4.78 is 35.4. The molecule has 1 amide bonds. The zero-order valence-corrected chi connectivity index (χ0v) is 7.75. The lowest BCUT2D eigenvalue weighted by Gasteiger charge is -2.38. The van der Waals surface area contributed by atoms with Crippen molar-refractivity contribution in [1.82, 2.24) is 4.90 Å². The van der Waals surface area contributed by atoms with E-state index in [4.69, 9.17) is 5.11 Å². The number of halogens is 3. The van der Waals surface area contributed by atoms with Gasteiger partial charge >= 0.3 is 12.1 Å². The molecule has 86 valence electrons. The second-order valence-electron chi connectivity index (χ2n) is 3.55. The molecule has 0 aromatic carbocycles. The highest BCUT2D eigenvalue weighted by atomic mass is 19.4. The number of hydrogen-bond donors (Lipinski definition) is 1. The SMILES string of the molecule is O=C(O)CC1CN(C(=O)CC(F)(F)F)C1. The fourth-order valence-electron chi connectivity index (χ4n) is 1.43. The van der Waals surface area contributed by atoms with Crippen LogP contribution in [0.1, 0.15) is 12.8 Å². The van der Waals surface area contributed by atoms with Crippen LogP contribution in [0, 0.1) is 5.92 Å². The molecule has 0 aromatic heterocycles. The highest BCUT2D eigenvalue weighted by Gasteiger charge is 2.38. The van der Waals surface area contributed by atoms with Crippen molar-refractivity contribution in [2.75, 3.05) is 13.1 Å². The minimum Gasteiger partial charge on any atom is -0.481 e. The zero-order valence-electron chi connectivity index (χ0n) is 7.75. The third-order valence-electron chi connectivity index (χ3n) is 2.12. The number of nitrogens with zero attached hydrogens (tertiary/aromatic N) is 1. The lowest BCUT2D eigenvalue weighted by Crippen LogP contribution is -2.51. The second kappa shape index (κ2) is 4.08. The van der Waals surface area contributed by atoms with Crippen molar-refractivity contribution in [3.05, 3.63) is 0 Å². The summed E-state index contributed by atoms with van der Waals surface area (Å²) in [6.07, 6.45) is -6.06. The Bertz CT molecular complexity index is 271. The van der Waals surface area contributed by atoms with E-state index in [9.17, 15) is 22.8 Å². The molecule has 0 spiro atoms. The predicted molar refractivity (Wildman–Crippen MR) is 43.0 cm³/mol. The van der Waals surface area contributed by atoms with Gasteiger partial charge in [0.1, 0.15) is 6.42 Å². The van der Waals surface area contributed by atoms with Crippen molar-refractivity contribution in [2.45, 2.75) is 19.0 Å². The lowest BCUT2D eigenvalue weighted by molar-refractivity contribution is -0.167. The van der Waals surface area contributed by atoms with Crippen molar-refractivity contribution >= 4 is 11.9 Å². The number of carbonyl (C=O) groups is 2. The monoisotopic (exact) mass is 225 g/mol. The Labute approximate surface area is 83.7 Å². The number of aliphatic carboxylic acids is 1. The molecule has 1 fully saturated rings. The van der Waals surface area contributed by atoms with Crippen LogP contribution in [-0.2, 0) is 9.59 Å². The van der Waals surface area contributed by atoms with Crippen molar-refractivity contribution < 1.29 is 27.9 Å². The number of hydrogen-bond acceptors (Lipinski definition) is 2. The number of carbonyl (C=O) groups excluding carboxylic acids is 1. The molecule has 1 saturated heterocycles. The van der Waals surface area contributed by atoms with Crippen molar-refractivity contribution in [3.8, 4) is 0 Å². The van der Waals surface area contributed by atoms with Crippen LogP contribution in [0.2, 0.25) is 0 Å². The number of carboxylic acids is 1. The number of likely N-dealkylation sites (tertiary alicyclic amines) is 1. The van der Waals surface area contributed by atoms with Gasteiger partial charge in [-0.25, -0.2) is 0 Å². The Hall–Kier alpha value is -1.27. The Morgan fingerprint density at radius 1 is 1.33 bits per heavy atom. The minimum atomic E-state index is -4.49. The molecule has 0 bridgehead atoms. The first-order chi connectivity index (χ1) is 6.78. The Morgan fingerprint density at radius 2 is 1.87 bits per heavy atom. The first-order valence-electron chi connectivity index (χ1n) is 4.34. The van der Waals surface area contributed by atoms with E-state index in [0.29, 0.717) is 0 Å². The predicted octanol–water partition coefficient (Wildman–Crippen LogP) is 0.872. The van der Waals surface area contributed by atoms with Crippen molar-refractivity contribution in [3.63, 3.8) is 0 Å². The molecule has 1 heterocycles. The summed E-state index contributed by atoms with van der Waals surface area (Å²) in [6, 6.07) is 0. The largest absolute Gasteiger partial charge is 0.481 e. The van der Waals surface area contributed by atoms with Gasteiger partial charge < -0.3 is 10.0 Å². The van der Waals surface area contributed by atoms with E-state index in [1.165, 1.54) is 0 Å². The van der Waals surface area contributed by atoms with Gasteiger partial charge in [0.2, 0.25) is 5.91 Å². The molecule has 0 atom stereocenters. The minimum absolute atomic E-state index is 0.101. The van der Waals surface area contributed by atoms with Gasteiger partial charge in [-0.1, -0.05) is 0 Å². The fraction of sp³-hybridized carbons (Fsp3) is 0.750. The van der Waals surface area contributed by atoms with Gasteiger partial charge in [-0.15, -0.1) is 0 Å². The van der Waals surface area contributed by atoms with Crippen LogP contribution in [-0.4, -0.2) is 41.1 Å². The standard InChI is InChI=1S/C8H10F3NO3/c9-8(10,11)2-6(13)12-3-5(4-12)1-7(14)15/h5H,1-4H2,(H,14,15). The normalized spacial score (nSPS) is 17.4. The van der Waals surface area contributed by atoms with Crippen molar-refractivity contribution in [1.29, 1.82) is 0 Å². The molecule has 4 nitrogen and oxygen atoms in total. The van der Waals surface area contributed by atoms with Gasteiger partial charge in [0.05, 0.1) is 6.42 Å². The summed E-state index contributed by atoms with van der Waals surface area (Å²) in [5.74, 6) is -2.19. The molecule has 0 radical (unpaired) electrons. The summed E-state index contributed by atoms with van der Waals surface area (Å²) >= 11 is 0. The van der Waals surface area contributed by atoms with Gasteiger partial charge in [0, 0.05) is 19.0 Å². The lowest BCUT2D eigenvalue weighted by atomic mass is 9.96. The summed E-state index contributed by atoms with van der Waals surface area (Å²) in [4.78, 5) is 22.2. The van der Waals surface area contributed by atoms with Crippen LogP contribution in [0.15, 0.2) is 0 Å². The van der Waals surface area contributed by atoms with E-state index in [-0.39, 0.29) is 25.4 Å². The first-order valence-corrected chi connectivity index (χ1v) is 4.34. The molecule has 0 unspecified atom stereocenters. The molecule has 0 aromatic rings. The average molecular weight is 225 g/mol. The van der Waals surface area contributed by atoms with Crippen LogP contribution in [0.5, 0.6) is 0 Å². The van der Waals surface area contributed by atoms with Crippen LogP contribution >= 0.6 is 0 Å². The summed E-state index contributed by atoms with van der Waals surface area (Å²) in [5.41, 5.74) is 0. The van der Waals surface area contributed by atoms with Gasteiger partial charge in [-0.3, -0.25) is 9.59 Å². The average Bonchev–Trinajstić information content (AvgIpc) is 1.91. The molecule has 7 heteroatoms. The topological polar surface area (TPSA) is 57.6 Å². The molecule has 1 aliphatic rings. The van der Waals surface area contributed by atoms with Gasteiger partial charge in [-0.2, -0.15) is 13.2 Å². The Balaban J connectivity index is 2.27.